The van der Waals surface area contributed by atoms with Crippen molar-refractivity contribution in [2.75, 3.05) is 12.3 Å². The molecule has 0 aromatic heterocycles. The van der Waals surface area contributed by atoms with Gasteiger partial charge in [-0.2, -0.15) is 0 Å². The topological polar surface area (TPSA) is 46.3 Å². The van der Waals surface area contributed by atoms with Gasteiger partial charge in [-0.15, -0.1) is 0 Å². The fourth-order valence-corrected chi connectivity index (χ4v) is 2.69. The maximum absolute atomic E-state index is 12.8. The van der Waals surface area contributed by atoms with Crippen molar-refractivity contribution in [1.82, 2.24) is 4.90 Å². The Balaban J connectivity index is 2.13. The number of benzene rings is 2. The molecule has 0 aliphatic rings. The molecule has 122 valence electrons. The largest absolute Gasteiger partial charge is 0.399 e. The molecule has 3 heteroatoms. The van der Waals surface area contributed by atoms with Crippen molar-refractivity contribution >= 4 is 11.6 Å². The highest BCUT2D eigenvalue weighted by Crippen LogP contribution is 2.22. The molecule has 0 bridgehead atoms. The summed E-state index contributed by atoms with van der Waals surface area (Å²) in [5.41, 5.74) is 8.62. The fraction of sp³-hybridized carbons (Fsp3) is 0.350. The van der Waals surface area contributed by atoms with Crippen LogP contribution in [-0.2, 0) is 11.2 Å². The first-order valence-corrected chi connectivity index (χ1v) is 8.30. The lowest BCUT2D eigenvalue weighted by atomic mass is 10.0. The van der Waals surface area contributed by atoms with Crippen LogP contribution in [-0.4, -0.2) is 17.4 Å². The molecule has 23 heavy (non-hydrogen) atoms. The Morgan fingerprint density at radius 1 is 1.09 bits per heavy atom. The third-order valence-corrected chi connectivity index (χ3v) is 4.16. The Labute approximate surface area is 139 Å². The number of anilines is 1. The van der Waals surface area contributed by atoms with Crippen LogP contribution in [0, 0.1) is 0 Å². The SMILES string of the molecule is CCCCN(C(=O)Cc1ccc(N)cc1)C(C)c1ccccc1. The lowest BCUT2D eigenvalue weighted by Crippen LogP contribution is -2.35. The van der Waals surface area contributed by atoms with E-state index in [9.17, 15) is 4.79 Å². The molecule has 0 aliphatic heterocycles. The summed E-state index contributed by atoms with van der Waals surface area (Å²) in [6.45, 7) is 5.04. The summed E-state index contributed by atoms with van der Waals surface area (Å²) in [6.07, 6.45) is 2.51. The molecular weight excluding hydrogens is 284 g/mol. The monoisotopic (exact) mass is 310 g/mol. The highest BCUT2D eigenvalue weighted by molar-refractivity contribution is 5.79. The number of carbonyl (C=O) groups excluding carboxylic acids is 1. The predicted octanol–water partition coefficient (Wildman–Crippen LogP) is 4.20. The fourth-order valence-electron chi connectivity index (χ4n) is 2.69. The summed E-state index contributed by atoms with van der Waals surface area (Å²) >= 11 is 0. The first-order chi connectivity index (χ1) is 11.1. The minimum atomic E-state index is 0.0871. The number of unbranched alkanes of at least 4 members (excludes halogenated alkanes) is 1. The minimum Gasteiger partial charge on any atom is -0.399 e. The second kappa shape index (κ2) is 8.37. The van der Waals surface area contributed by atoms with E-state index in [0.29, 0.717) is 6.42 Å². The first kappa shape index (κ1) is 17.1. The quantitative estimate of drug-likeness (QED) is 0.779. The molecule has 3 nitrogen and oxygen atoms in total. The van der Waals surface area contributed by atoms with Crippen LogP contribution < -0.4 is 5.73 Å². The molecule has 2 N–H and O–H groups in total. The average Bonchev–Trinajstić information content (AvgIpc) is 2.58. The van der Waals surface area contributed by atoms with E-state index in [1.807, 2.05) is 47.4 Å². The Kier molecular flexibility index (Phi) is 6.21. The van der Waals surface area contributed by atoms with E-state index in [1.54, 1.807) is 0 Å². The first-order valence-electron chi connectivity index (χ1n) is 8.30. The summed E-state index contributed by atoms with van der Waals surface area (Å²) in [5, 5.41) is 0. The van der Waals surface area contributed by atoms with E-state index in [2.05, 4.69) is 26.0 Å². The second-order valence-electron chi connectivity index (χ2n) is 5.95. The standard InChI is InChI=1S/C20H26N2O/c1-3-4-14-22(16(2)18-8-6-5-7-9-18)20(23)15-17-10-12-19(21)13-11-17/h5-13,16H,3-4,14-15,21H2,1-2H3. The van der Waals surface area contributed by atoms with Gasteiger partial charge in [0.1, 0.15) is 0 Å². The van der Waals surface area contributed by atoms with Crippen LogP contribution in [0.1, 0.15) is 43.9 Å². The van der Waals surface area contributed by atoms with Crippen molar-refractivity contribution in [3.63, 3.8) is 0 Å². The Morgan fingerprint density at radius 3 is 2.35 bits per heavy atom. The van der Waals surface area contributed by atoms with E-state index in [4.69, 9.17) is 5.73 Å². The van der Waals surface area contributed by atoms with Gasteiger partial charge < -0.3 is 10.6 Å². The average molecular weight is 310 g/mol. The van der Waals surface area contributed by atoms with Crippen LogP contribution in [0.5, 0.6) is 0 Å². The molecular formula is C20H26N2O. The lowest BCUT2D eigenvalue weighted by molar-refractivity contribution is -0.132. The van der Waals surface area contributed by atoms with Crippen molar-refractivity contribution in [2.24, 2.45) is 0 Å². The van der Waals surface area contributed by atoms with Gasteiger partial charge in [0.2, 0.25) is 5.91 Å². The third kappa shape index (κ3) is 4.85. The maximum Gasteiger partial charge on any atom is 0.227 e. The van der Waals surface area contributed by atoms with Gasteiger partial charge in [-0.1, -0.05) is 55.8 Å². The normalized spacial score (nSPS) is 11.9. The molecule has 0 fully saturated rings. The molecule has 0 radical (unpaired) electrons. The molecule has 2 rings (SSSR count). The van der Waals surface area contributed by atoms with Crippen molar-refractivity contribution in [1.29, 1.82) is 0 Å². The number of nitrogens with zero attached hydrogens (tertiary/aromatic N) is 1. The van der Waals surface area contributed by atoms with E-state index < -0.39 is 0 Å². The molecule has 0 heterocycles. The number of amides is 1. The summed E-state index contributed by atoms with van der Waals surface area (Å²) in [7, 11) is 0. The van der Waals surface area contributed by atoms with E-state index >= 15 is 0 Å². The zero-order chi connectivity index (χ0) is 16.7. The molecule has 1 amide bonds. The van der Waals surface area contributed by atoms with Crippen LogP contribution in [0.25, 0.3) is 0 Å². The van der Waals surface area contributed by atoms with Gasteiger partial charge in [0.25, 0.3) is 0 Å². The molecule has 0 spiro atoms. The van der Waals surface area contributed by atoms with Crippen molar-refractivity contribution in [3.8, 4) is 0 Å². The third-order valence-electron chi connectivity index (χ3n) is 4.16. The highest BCUT2D eigenvalue weighted by Gasteiger charge is 2.21. The van der Waals surface area contributed by atoms with Gasteiger partial charge in [0, 0.05) is 12.2 Å². The van der Waals surface area contributed by atoms with Crippen LogP contribution in [0.4, 0.5) is 5.69 Å². The van der Waals surface area contributed by atoms with Crippen molar-refractivity contribution in [3.05, 3.63) is 65.7 Å². The van der Waals surface area contributed by atoms with E-state index in [1.165, 1.54) is 5.56 Å². The van der Waals surface area contributed by atoms with Gasteiger partial charge in [-0.25, -0.2) is 0 Å². The van der Waals surface area contributed by atoms with Gasteiger partial charge >= 0.3 is 0 Å². The second-order valence-corrected chi connectivity index (χ2v) is 5.95. The summed E-state index contributed by atoms with van der Waals surface area (Å²) in [4.78, 5) is 14.8. The van der Waals surface area contributed by atoms with Crippen LogP contribution >= 0.6 is 0 Å². The number of hydrogen-bond acceptors (Lipinski definition) is 2. The van der Waals surface area contributed by atoms with Crippen LogP contribution in [0.3, 0.4) is 0 Å². The molecule has 1 unspecified atom stereocenters. The van der Waals surface area contributed by atoms with Gasteiger partial charge in [-0.05, 0) is 36.6 Å². The maximum atomic E-state index is 12.8. The Bertz CT molecular complexity index is 607. The van der Waals surface area contributed by atoms with Gasteiger partial charge in [0.15, 0.2) is 0 Å². The predicted molar refractivity (Wildman–Crippen MR) is 96.0 cm³/mol. The van der Waals surface area contributed by atoms with Crippen molar-refractivity contribution in [2.45, 2.75) is 39.2 Å². The highest BCUT2D eigenvalue weighted by atomic mass is 16.2. The van der Waals surface area contributed by atoms with E-state index in [0.717, 1.165) is 30.6 Å². The van der Waals surface area contributed by atoms with Crippen molar-refractivity contribution < 1.29 is 4.79 Å². The van der Waals surface area contributed by atoms with Crippen LogP contribution in [0.2, 0.25) is 0 Å². The number of nitrogen functional groups attached to an aromatic ring is 1. The van der Waals surface area contributed by atoms with E-state index in [-0.39, 0.29) is 11.9 Å². The number of rotatable bonds is 7. The number of hydrogen-bond donors (Lipinski definition) is 1. The molecule has 0 aliphatic carbocycles. The number of nitrogens with two attached hydrogens (primary N) is 1. The van der Waals surface area contributed by atoms with Crippen LogP contribution in [0.15, 0.2) is 54.6 Å². The summed E-state index contributed by atoms with van der Waals surface area (Å²) in [5.74, 6) is 0.166. The minimum absolute atomic E-state index is 0.0871. The summed E-state index contributed by atoms with van der Waals surface area (Å²) in [6, 6.07) is 17.9. The van der Waals surface area contributed by atoms with Gasteiger partial charge in [0.05, 0.1) is 12.5 Å². The molecule has 0 saturated carbocycles. The lowest BCUT2D eigenvalue weighted by Gasteiger charge is -2.30. The summed E-state index contributed by atoms with van der Waals surface area (Å²) < 4.78 is 0. The zero-order valence-electron chi connectivity index (χ0n) is 14.0. The Hall–Kier alpha value is -2.29. The zero-order valence-corrected chi connectivity index (χ0v) is 14.0. The smallest absolute Gasteiger partial charge is 0.227 e. The van der Waals surface area contributed by atoms with Gasteiger partial charge in [-0.3, -0.25) is 4.79 Å². The molecule has 2 aromatic carbocycles. The molecule has 0 saturated heterocycles. The number of carbonyl (C=O) groups is 1. The Morgan fingerprint density at radius 2 is 1.74 bits per heavy atom. The molecule has 1 atom stereocenters. The molecule has 2 aromatic rings.